The Morgan fingerprint density at radius 1 is 1.15 bits per heavy atom. The molecule has 136 valence electrons. The van der Waals surface area contributed by atoms with Gasteiger partial charge in [-0.25, -0.2) is 5.01 Å². The van der Waals surface area contributed by atoms with Crippen LogP contribution in [-0.4, -0.2) is 17.3 Å². The molecule has 0 radical (unpaired) electrons. The normalized spacial score (nSPS) is 20.5. The Bertz CT molecular complexity index is 983. The summed E-state index contributed by atoms with van der Waals surface area (Å²) in [5, 5.41) is 9.19. The quantitative estimate of drug-likeness (QED) is 0.612. The molecule has 2 aliphatic heterocycles. The molecule has 2 aromatic carbocycles. The molecule has 3 aromatic rings. The van der Waals surface area contributed by atoms with Crippen molar-refractivity contribution in [1.29, 1.82) is 0 Å². The number of benzene rings is 2. The fourth-order valence-corrected chi connectivity index (χ4v) is 4.49. The van der Waals surface area contributed by atoms with E-state index in [-0.39, 0.29) is 12.3 Å². The lowest BCUT2D eigenvalue weighted by molar-refractivity contribution is -0.0191. The third-order valence-electron chi connectivity index (χ3n) is 4.96. The molecule has 0 N–H and O–H groups in total. The minimum Gasteiger partial charge on any atom is -0.494 e. The van der Waals surface area contributed by atoms with Crippen LogP contribution in [0.5, 0.6) is 11.5 Å². The summed E-state index contributed by atoms with van der Waals surface area (Å²) in [6.07, 6.45) is 0.630. The van der Waals surface area contributed by atoms with E-state index in [0.29, 0.717) is 6.61 Å². The lowest BCUT2D eigenvalue weighted by atomic mass is 9.98. The number of nitrogens with zero attached hydrogens (tertiary/aromatic N) is 2. The molecule has 3 heterocycles. The van der Waals surface area contributed by atoms with Crippen LogP contribution in [0.1, 0.15) is 41.6 Å². The first kappa shape index (κ1) is 16.4. The van der Waals surface area contributed by atoms with Crippen LogP contribution in [0.2, 0.25) is 0 Å². The van der Waals surface area contributed by atoms with Crippen LogP contribution in [0.15, 0.2) is 71.1 Å². The smallest absolute Gasteiger partial charge is 0.214 e. The van der Waals surface area contributed by atoms with Crippen molar-refractivity contribution in [3.63, 3.8) is 0 Å². The zero-order valence-corrected chi connectivity index (χ0v) is 15.9. The molecule has 0 amide bonds. The van der Waals surface area contributed by atoms with E-state index in [4.69, 9.17) is 14.6 Å². The molecule has 4 nitrogen and oxygen atoms in total. The maximum absolute atomic E-state index is 6.40. The summed E-state index contributed by atoms with van der Waals surface area (Å²) in [4.78, 5) is 1.23. The number of hydrogen-bond donors (Lipinski definition) is 0. The molecule has 0 fully saturated rings. The molecule has 0 saturated heterocycles. The molecule has 2 unspecified atom stereocenters. The van der Waals surface area contributed by atoms with Crippen LogP contribution >= 0.6 is 11.3 Å². The number of hydrogen-bond acceptors (Lipinski definition) is 5. The summed E-state index contributed by atoms with van der Waals surface area (Å²) >= 11 is 1.73. The van der Waals surface area contributed by atoms with Crippen molar-refractivity contribution in [2.24, 2.45) is 5.10 Å². The van der Waals surface area contributed by atoms with Gasteiger partial charge in [0.1, 0.15) is 11.5 Å². The summed E-state index contributed by atoms with van der Waals surface area (Å²) in [5.74, 6) is 1.80. The highest BCUT2D eigenvalue weighted by atomic mass is 32.1. The van der Waals surface area contributed by atoms with E-state index < -0.39 is 0 Å². The van der Waals surface area contributed by atoms with Gasteiger partial charge in [-0.2, -0.15) is 5.10 Å². The molecular weight excluding hydrogens is 356 g/mol. The Kier molecular flexibility index (Phi) is 4.09. The van der Waals surface area contributed by atoms with E-state index in [1.54, 1.807) is 11.3 Å². The molecular formula is C22H20N2O2S. The Labute approximate surface area is 162 Å². The Morgan fingerprint density at radius 3 is 2.93 bits per heavy atom. The van der Waals surface area contributed by atoms with Crippen LogP contribution in [0, 0.1) is 0 Å². The number of rotatable bonds is 4. The van der Waals surface area contributed by atoms with E-state index in [2.05, 4.69) is 52.9 Å². The van der Waals surface area contributed by atoms with Gasteiger partial charge in [0.15, 0.2) is 0 Å². The highest BCUT2D eigenvalue weighted by Gasteiger charge is 2.41. The molecule has 2 atom stereocenters. The van der Waals surface area contributed by atoms with Gasteiger partial charge in [-0.15, -0.1) is 11.3 Å². The van der Waals surface area contributed by atoms with Gasteiger partial charge >= 0.3 is 0 Å². The number of hydrazone groups is 1. The van der Waals surface area contributed by atoms with Gasteiger partial charge in [0.25, 0.3) is 0 Å². The molecule has 0 saturated carbocycles. The summed E-state index contributed by atoms with van der Waals surface area (Å²) in [6, 6.07) is 20.8. The topological polar surface area (TPSA) is 34.1 Å². The molecule has 0 bridgehead atoms. The average molecular weight is 376 g/mol. The van der Waals surface area contributed by atoms with Gasteiger partial charge in [-0.1, -0.05) is 36.4 Å². The third kappa shape index (κ3) is 2.88. The second-order valence-electron chi connectivity index (χ2n) is 6.64. The molecule has 2 aliphatic rings. The lowest BCUT2D eigenvalue weighted by Crippen LogP contribution is -2.33. The third-order valence-corrected chi connectivity index (χ3v) is 5.88. The van der Waals surface area contributed by atoms with Crippen LogP contribution in [0.4, 0.5) is 0 Å². The Balaban J connectivity index is 1.58. The maximum Gasteiger partial charge on any atom is 0.214 e. The van der Waals surface area contributed by atoms with E-state index >= 15 is 0 Å². The highest BCUT2D eigenvalue weighted by molar-refractivity contribution is 7.12. The predicted octanol–water partition coefficient (Wildman–Crippen LogP) is 5.39. The fraction of sp³-hybridized carbons (Fsp3) is 0.227. The van der Waals surface area contributed by atoms with Crippen molar-refractivity contribution >= 4 is 17.0 Å². The van der Waals surface area contributed by atoms with Crippen molar-refractivity contribution in [2.75, 3.05) is 6.61 Å². The average Bonchev–Trinajstić information content (AvgIpc) is 3.37. The van der Waals surface area contributed by atoms with Crippen molar-refractivity contribution in [1.82, 2.24) is 5.01 Å². The standard InChI is InChI=1S/C22H20N2O2S/c1-2-25-16-8-5-7-15(13-16)22-24-19(17-9-3-4-10-20(17)26-22)14-18(23-24)21-11-6-12-27-21/h3-13,19,22H,2,14H2,1H3. The largest absolute Gasteiger partial charge is 0.494 e. The van der Waals surface area contributed by atoms with Gasteiger partial charge in [0.05, 0.1) is 23.2 Å². The molecule has 5 heteroatoms. The first-order valence-corrected chi connectivity index (χ1v) is 10.1. The van der Waals surface area contributed by atoms with Crippen molar-refractivity contribution in [3.8, 4) is 11.5 Å². The van der Waals surface area contributed by atoms with Gasteiger partial charge in [0, 0.05) is 17.5 Å². The predicted molar refractivity (Wildman–Crippen MR) is 107 cm³/mol. The molecule has 0 aliphatic carbocycles. The number of ether oxygens (including phenoxy) is 2. The van der Waals surface area contributed by atoms with Gasteiger partial charge in [-0.05, 0) is 36.6 Å². The van der Waals surface area contributed by atoms with E-state index in [0.717, 1.165) is 29.2 Å². The number of thiophene rings is 1. The van der Waals surface area contributed by atoms with Crippen LogP contribution in [0.3, 0.4) is 0 Å². The van der Waals surface area contributed by atoms with Crippen molar-refractivity contribution in [2.45, 2.75) is 25.6 Å². The second kappa shape index (κ2) is 6.74. The minimum absolute atomic E-state index is 0.188. The molecule has 27 heavy (non-hydrogen) atoms. The van der Waals surface area contributed by atoms with Gasteiger partial charge < -0.3 is 9.47 Å². The first-order chi connectivity index (χ1) is 13.3. The van der Waals surface area contributed by atoms with Crippen molar-refractivity contribution < 1.29 is 9.47 Å². The van der Waals surface area contributed by atoms with Crippen molar-refractivity contribution in [3.05, 3.63) is 82.0 Å². The summed E-state index contributed by atoms with van der Waals surface area (Å²) in [6.45, 7) is 2.64. The zero-order chi connectivity index (χ0) is 18.2. The lowest BCUT2D eigenvalue weighted by Gasteiger charge is -2.38. The van der Waals surface area contributed by atoms with Crippen LogP contribution < -0.4 is 9.47 Å². The summed E-state index contributed by atoms with van der Waals surface area (Å²) < 4.78 is 12.1. The minimum atomic E-state index is -0.261. The Morgan fingerprint density at radius 2 is 2.07 bits per heavy atom. The number of para-hydroxylation sites is 1. The van der Waals surface area contributed by atoms with E-state index in [9.17, 15) is 0 Å². The van der Waals surface area contributed by atoms with Gasteiger partial charge in [0.2, 0.25) is 6.23 Å². The maximum atomic E-state index is 6.40. The molecule has 0 spiro atoms. The SMILES string of the molecule is CCOc1cccc(C2Oc3ccccc3C3CC(c4cccs4)=NN32)c1. The van der Waals surface area contributed by atoms with Crippen LogP contribution in [-0.2, 0) is 0 Å². The second-order valence-corrected chi connectivity index (χ2v) is 7.59. The monoisotopic (exact) mass is 376 g/mol. The molecule has 1 aromatic heterocycles. The number of fused-ring (bicyclic) bond motifs is 3. The first-order valence-electron chi connectivity index (χ1n) is 9.21. The van der Waals surface area contributed by atoms with E-state index in [1.165, 1.54) is 10.4 Å². The summed E-state index contributed by atoms with van der Waals surface area (Å²) in [7, 11) is 0. The van der Waals surface area contributed by atoms with Crippen LogP contribution in [0.25, 0.3) is 0 Å². The zero-order valence-electron chi connectivity index (χ0n) is 15.0. The van der Waals surface area contributed by atoms with E-state index in [1.807, 2.05) is 25.1 Å². The summed E-state index contributed by atoms with van der Waals surface area (Å²) in [5.41, 5.74) is 3.38. The molecule has 5 rings (SSSR count). The van der Waals surface area contributed by atoms with Gasteiger partial charge in [-0.3, -0.25) is 0 Å². The fourth-order valence-electron chi connectivity index (χ4n) is 3.77. The Hall–Kier alpha value is -2.79. The highest BCUT2D eigenvalue weighted by Crippen LogP contribution is 2.47.